The third kappa shape index (κ3) is 2.47. The van der Waals surface area contributed by atoms with Gasteiger partial charge in [0.05, 0.1) is 5.75 Å². The van der Waals surface area contributed by atoms with E-state index >= 15 is 0 Å². The van der Waals surface area contributed by atoms with Gasteiger partial charge in [-0.15, -0.1) is 13.2 Å². The van der Waals surface area contributed by atoms with Crippen LogP contribution in [-0.4, -0.2) is 12.3 Å². The average Bonchev–Trinajstić information content (AvgIpc) is 2.12. The van der Waals surface area contributed by atoms with Crippen molar-refractivity contribution < 1.29 is 17.9 Å². The van der Waals surface area contributed by atoms with Crippen molar-refractivity contribution in [2.45, 2.75) is 12.8 Å². The van der Waals surface area contributed by atoms with Gasteiger partial charge in [-0.1, -0.05) is 0 Å². The van der Waals surface area contributed by atoms with Crippen LogP contribution in [0.3, 0.4) is 0 Å². The molecular weight excluding hydrogens is 167 g/mol. The predicted molar refractivity (Wildman–Crippen MR) is 30.0 cm³/mol. The van der Waals surface area contributed by atoms with Crippen LogP contribution in [0, 0.1) is 5.75 Å². The smallest absolute Gasteiger partial charge is 0.391 e. The Labute approximate surface area is 59.6 Å². The minimum Gasteiger partial charge on any atom is -0.391 e. The van der Waals surface area contributed by atoms with E-state index in [4.69, 9.17) is 0 Å². The molecule has 1 rings (SSSR count). The van der Waals surface area contributed by atoms with Gasteiger partial charge >= 0.3 is 6.36 Å². The van der Waals surface area contributed by atoms with Crippen molar-refractivity contribution in [1.29, 1.82) is 0 Å². The third-order valence-corrected chi connectivity index (χ3v) is 1.24. The fourth-order valence-corrected chi connectivity index (χ4v) is 0.854. The number of ether oxygens (including phenoxy) is 1. The molecular formula is C4H2F3NOS. The molecule has 0 fully saturated rings. The normalized spacial score (nSPS) is 18.9. The van der Waals surface area contributed by atoms with E-state index in [1.807, 2.05) is 0 Å². The second kappa shape index (κ2) is 2.69. The molecule has 0 aromatic rings. The lowest BCUT2D eigenvalue weighted by Crippen LogP contribution is -2.17. The maximum absolute atomic E-state index is 11.4. The number of halogens is 3. The Hall–Kier alpha value is -0.390. The summed E-state index contributed by atoms with van der Waals surface area (Å²) >= 11 is 0.836. The first-order valence-electron chi connectivity index (χ1n) is 2.29. The number of alkyl halides is 3. The Kier molecular flexibility index (Phi) is 2.08. The van der Waals surface area contributed by atoms with E-state index in [0.29, 0.717) is 0 Å². The van der Waals surface area contributed by atoms with Crippen LogP contribution in [0.4, 0.5) is 13.2 Å². The summed E-state index contributed by atoms with van der Waals surface area (Å²) in [5, 5.41) is 0. The van der Waals surface area contributed by atoms with Crippen molar-refractivity contribution in [3.8, 4) is 0 Å². The lowest BCUT2D eigenvalue weighted by Gasteiger charge is -2.05. The molecule has 56 valence electrons. The molecule has 0 N–H and O–H groups in total. The largest absolute Gasteiger partial charge is 0.574 e. The molecule has 0 aromatic carbocycles. The molecule has 1 aliphatic heterocycles. The van der Waals surface area contributed by atoms with E-state index in [-0.39, 0.29) is 12.3 Å². The van der Waals surface area contributed by atoms with Crippen LogP contribution in [0.25, 0.3) is 0 Å². The van der Waals surface area contributed by atoms with Crippen LogP contribution in [-0.2, 0) is 4.74 Å². The van der Waals surface area contributed by atoms with Crippen LogP contribution >= 0.6 is 11.9 Å². The molecule has 0 aromatic heterocycles. The summed E-state index contributed by atoms with van der Waals surface area (Å²) in [5.41, 5.74) is 0. The Morgan fingerprint density at radius 2 is 2.30 bits per heavy atom. The molecule has 0 saturated heterocycles. The van der Waals surface area contributed by atoms with Crippen LogP contribution in [0.2, 0.25) is 0 Å². The molecule has 1 heterocycles. The molecule has 1 aliphatic rings. The van der Waals surface area contributed by atoms with Gasteiger partial charge in [-0.2, -0.15) is 4.40 Å². The number of nitrogens with zero attached hydrogens (tertiary/aromatic N) is 1. The molecule has 0 aliphatic carbocycles. The first-order valence-corrected chi connectivity index (χ1v) is 3.07. The Morgan fingerprint density at radius 1 is 1.60 bits per heavy atom. The molecule has 6 heteroatoms. The van der Waals surface area contributed by atoms with Gasteiger partial charge in [0.1, 0.15) is 0 Å². The first kappa shape index (κ1) is 7.71. The van der Waals surface area contributed by atoms with Crippen molar-refractivity contribution in [3.05, 3.63) is 5.75 Å². The highest BCUT2D eigenvalue weighted by Gasteiger charge is 2.33. The highest BCUT2D eigenvalue weighted by Crippen LogP contribution is 2.25. The minimum absolute atomic E-state index is 0.0180. The molecule has 0 unspecified atom stereocenters. The zero-order valence-electron chi connectivity index (χ0n) is 4.60. The summed E-state index contributed by atoms with van der Waals surface area (Å²) in [6.07, 6.45) is -4.60. The standard InChI is InChI=1S/C4H2F3NOS/c5-4(6,7)9-3-1-2-10-8-3/h1H2. The zero-order valence-corrected chi connectivity index (χ0v) is 5.42. The second-order valence-electron chi connectivity index (χ2n) is 1.45. The lowest BCUT2D eigenvalue weighted by atomic mass is 10.5. The highest BCUT2D eigenvalue weighted by atomic mass is 32.2. The van der Waals surface area contributed by atoms with Gasteiger partial charge < -0.3 is 4.74 Å². The van der Waals surface area contributed by atoms with Gasteiger partial charge in [0.15, 0.2) is 0 Å². The van der Waals surface area contributed by atoms with Gasteiger partial charge in [0.25, 0.3) is 0 Å². The van der Waals surface area contributed by atoms with Gasteiger partial charge in [0.2, 0.25) is 5.90 Å². The van der Waals surface area contributed by atoms with Crippen molar-refractivity contribution in [3.63, 3.8) is 0 Å². The van der Waals surface area contributed by atoms with Crippen molar-refractivity contribution in [2.75, 3.05) is 0 Å². The Balaban J connectivity index is 2.38. The first-order chi connectivity index (χ1) is 4.58. The molecule has 0 bridgehead atoms. The van der Waals surface area contributed by atoms with Crippen LogP contribution < -0.4 is 0 Å². The van der Waals surface area contributed by atoms with E-state index in [1.165, 1.54) is 0 Å². The van der Waals surface area contributed by atoms with Crippen LogP contribution in [0.15, 0.2) is 4.40 Å². The SMILES string of the molecule is FC(F)(F)OC1=NS[C]C1. The average molecular weight is 169 g/mol. The van der Waals surface area contributed by atoms with Crippen LogP contribution in [0.1, 0.15) is 6.42 Å². The lowest BCUT2D eigenvalue weighted by molar-refractivity contribution is -0.283. The Morgan fingerprint density at radius 3 is 2.70 bits per heavy atom. The van der Waals surface area contributed by atoms with Gasteiger partial charge in [-0.25, -0.2) is 0 Å². The number of hydrogen-bond acceptors (Lipinski definition) is 3. The molecule has 0 atom stereocenters. The summed E-state index contributed by atoms with van der Waals surface area (Å²) in [6.45, 7) is 0. The number of hydrogen-bond donors (Lipinski definition) is 0. The van der Waals surface area contributed by atoms with E-state index in [0.717, 1.165) is 11.9 Å². The summed E-state index contributed by atoms with van der Waals surface area (Å²) in [7, 11) is 0. The summed E-state index contributed by atoms with van der Waals surface area (Å²) in [5.74, 6) is 2.15. The second-order valence-corrected chi connectivity index (χ2v) is 2.10. The fourth-order valence-electron chi connectivity index (χ4n) is 0.398. The molecule has 2 radical (unpaired) electrons. The van der Waals surface area contributed by atoms with Crippen LogP contribution in [0.5, 0.6) is 0 Å². The molecule has 10 heavy (non-hydrogen) atoms. The van der Waals surface area contributed by atoms with Crippen molar-refractivity contribution >= 4 is 17.8 Å². The summed E-state index contributed by atoms with van der Waals surface area (Å²) < 4.78 is 40.9. The van der Waals surface area contributed by atoms with Gasteiger partial charge in [-0.3, -0.25) is 0 Å². The Bertz CT molecular complexity index is 155. The highest BCUT2D eigenvalue weighted by molar-refractivity contribution is 8.00. The monoisotopic (exact) mass is 169 g/mol. The maximum atomic E-state index is 11.4. The van der Waals surface area contributed by atoms with Gasteiger partial charge in [0, 0.05) is 6.42 Å². The van der Waals surface area contributed by atoms with Gasteiger partial charge in [-0.05, 0) is 11.9 Å². The quantitative estimate of drug-likeness (QED) is 0.517. The maximum Gasteiger partial charge on any atom is 0.574 e. The predicted octanol–water partition coefficient (Wildman–Crippen LogP) is 2.01. The van der Waals surface area contributed by atoms with Crippen molar-refractivity contribution in [2.24, 2.45) is 4.40 Å². The van der Waals surface area contributed by atoms with E-state index in [2.05, 4.69) is 14.9 Å². The molecule has 0 spiro atoms. The third-order valence-electron chi connectivity index (χ3n) is 0.669. The van der Waals surface area contributed by atoms with E-state index in [9.17, 15) is 13.2 Å². The molecule has 0 amide bonds. The summed E-state index contributed by atoms with van der Waals surface area (Å²) in [4.78, 5) is 0. The van der Waals surface area contributed by atoms with E-state index in [1.54, 1.807) is 0 Å². The minimum atomic E-state index is -4.62. The fraction of sp³-hybridized carbons (Fsp3) is 0.500. The molecule has 0 saturated carbocycles. The molecule has 2 nitrogen and oxygen atoms in total. The van der Waals surface area contributed by atoms with Crippen molar-refractivity contribution in [1.82, 2.24) is 0 Å². The summed E-state index contributed by atoms with van der Waals surface area (Å²) in [6, 6.07) is 0. The van der Waals surface area contributed by atoms with E-state index < -0.39 is 6.36 Å². The topological polar surface area (TPSA) is 21.6 Å². The number of rotatable bonds is 0. The zero-order chi connectivity index (χ0) is 7.61.